The van der Waals surface area contributed by atoms with Crippen LogP contribution in [0, 0.1) is 0 Å². The van der Waals surface area contributed by atoms with Crippen LogP contribution in [0.2, 0.25) is 0 Å². The van der Waals surface area contributed by atoms with Crippen LogP contribution in [0.3, 0.4) is 0 Å². The number of aliphatic hydroxyl groups excluding tert-OH is 1. The predicted molar refractivity (Wildman–Crippen MR) is 66.6 cm³/mol. The molecule has 4 nitrogen and oxygen atoms in total. The molecule has 2 unspecified atom stereocenters. The van der Waals surface area contributed by atoms with Crippen molar-refractivity contribution in [3.8, 4) is 0 Å². The van der Waals surface area contributed by atoms with Gasteiger partial charge in [-0.05, 0) is 20.4 Å². The van der Waals surface area contributed by atoms with E-state index in [0.29, 0.717) is 5.71 Å². The predicted octanol–water partition coefficient (Wildman–Crippen LogP) is 1.62. The first-order chi connectivity index (χ1) is 7.10. The Morgan fingerprint density at radius 3 is 2.53 bits per heavy atom. The molecule has 0 spiro atoms. The van der Waals surface area contributed by atoms with E-state index >= 15 is 0 Å². The zero-order valence-corrected chi connectivity index (χ0v) is 14.3. The average molecular weight is 309 g/mol. The molecule has 2 atom stereocenters. The average Bonchev–Trinajstić information content (AvgIpc) is 2.18. The maximum absolute atomic E-state index is 9.56. The molecule has 6 heteroatoms. The van der Waals surface area contributed by atoms with Gasteiger partial charge in [0.05, 0.1) is 0 Å². The molecule has 0 saturated heterocycles. The standard InChI is InChI=1S/C11H17N3O.ClH.Zn/c1-4-14(9(3)15)10-5-6-11(13-12)8(2)7-10;;/h5-7,9-10,15H,4H2,1-3H3;1H;. The number of halogens is 1. The van der Waals surface area contributed by atoms with E-state index < -0.39 is 6.23 Å². The van der Waals surface area contributed by atoms with Crippen molar-refractivity contribution in [2.24, 2.45) is 0 Å². The van der Waals surface area contributed by atoms with Crippen LogP contribution >= 0.6 is 12.4 Å². The molecule has 0 heterocycles. The van der Waals surface area contributed by atoms with E-state index in [1.54, 1.807) is 13.0 Å². The van der Waals surface area contributed by atoms with Crippen LogP contribution in [0.5, 0.6) is 0 Å². The molecule has 0 aromatic heterocycles. The Balaban J connectivity index is 0. The molecule has 17 heavy (non-hydrogen) atoms. The fourth-order valence-corrected chi connectivity index (χ4v) is 1.76. The number of hydrogen-bond acceptors (Lipinski definition) is 2. The maximum Gasteiger partial charge on any atom is 0.317 e. The molecular formula is C11H18ClN3OZn. The zero-order valence-electron chi connectivity index (χ0n) is 10.5. The summed E-state index contributed by atoms with van der Waals surface area (Å²) in [6.45, 7) is 6.40. The Kier molecular flexibility index (Phi) is 9.79. The molecule has 92 valence electrons. The third-order valence-corrected chi connectivity index (χ3v) is 2.61. The van der Waals surface area contributed by atoms with E-state index in [4.69, 9.17) is 5.53 Å². The molecule has 0 saturated carbocycles. The van der Waals surface area contributed by atoms with Crippen LogP contribution in [0.1, 0.15) is 20.8 Å². The van der Waals surface area contributed by atoms with Crippen molar-refractivity contribution in [3.05, 3.63) is 29.3 Å². The molecule has 1 aliphatic rings. The normalized spacial score (nSPS) is 19.9. The fraction of sp³-hybridized carbons (Fsp3) is 0.545. The van der Waals surface area contributed by atoms with Gasteiger partial charge in [0.1, 0.15) is 6.23 Å². The van der Waals surface area contributed by atoms with E-state index in [-0.39, 0.29) is 37.9 Å². The van der Waals surface area contributed by atoms with Crippen molar-refractivity contribution in [2.45, 2.75) is 33.0 Å². The number of aliphatic hydroxyl groups is 1. The van der Waals surface area contributed by atoms with Gasteiger partial charge in [-0.2, -0.15) is 4.79 Å². The summed E-state index contributed by atoms with van der Waals surface area (Å²) < 4.78 is 0. The molecule has 1 rings (SSSR count). The Bertz CT molecular complexity index is 349. The second-order valence-corrected chi connectivity index (χ2v) is 3.65. The Hall–Kier alpha value is -0.307. The molecule has 0 bridgehead atoms. The Morgan fingerprint density at radius 2 is 2.18 bits per heavy atom. The summed E-state index contributed by atoms with van der Waals surface area (Å²) in [7, 11) is 0. The number of allylic oxidation sites excluding steroid dienone is 2. The van der Waals surface area contributed by atoms with Gasteiger partial charge in [0.25, 0.3) is 0 Å². The summed E-state index contributed by atoms with van der Waals surface area (Å²) in [5.41, 5.74) is 10.2. The van der Waals surface area contributed by atoms with Gasteiger partial charge in [0, 0.05) is 37.2 Å². The van der Waals surface area contributed by atoms with Crippen LogP contribution in [0.4, 0.5) is 0 Å². The number of likely N-dealkylation sites (N-methyl/N-ethyl adjacent to an activating group) is 1. The van der Waals surface area contributed by atoms with Gasteiger partial charge >= 0.3 is 5.71 Å². The van der Waals surface area contributed by atoms with Gasteiger partial charge in [0.15, 0.2) is 0 Å². The van der Waals surface area contributed by atoms with Gasteiger partial charge in [-0.1, -0.05) is 19.1 Å². The van der Waals surface area contributed by atoms with Gasteiger partial charge in [-0.25, -0.2) is 0 Å². The summed E-state index contributed by atoms with van der Waals surface area (Å²) >= 11 is 0. The van der Waals surface area contributed by atoms with E-state index in [1.165, 1.54) is 0 Å². The molecule has 1 aliphatic carbocycles. The minimum Gasteiger partial charge on any atom is -0.379 e. The second kappa shape index (κ2) is 8.74. The monoisotopic (exact) mass is 307 g/mol. The SMILES string of the molecule is CCN(C(C)O)C1C=CC(=[N+]=[N-])C(C)=C1.Cl.[Zn]. The first-order valence-electron chi connectivity index (χ1n) is 5.13. The van der Waals surface area contributed by atoms with Crippen LogP contribution in [0.25, 0.3) is 5.53 Å². The largest absolute Gasteiger partial charge is 0.379 e. The van der Waals surface area contributed by atoms with E-state index in [2.05, 4.69) is 4.79 Å². The molecule has 0 fully saturated rings. The maximum atomic E-state index is 9.56. The molecule has 0 amide bonds. The summed E-state index contributed by atoms with van der Waals surface area (Å²) in [6, 6.07) is 0.0699. The van der Waals surface area contributed by atoms with Gasteiger partial charge < -0.3 is 10.6 Å². The summed E-state index contributed by atoms with van der Waals surface area (Å²) in [5.74, 6) is 0. The number of nitrogens with zero attached hydrogens (tertiary/aromatic N) is 3. The van der Waals surface area contributed by atoms with Crippen LogP contribution < -0.4 is 0 Å². The van der Waals surface area contributed by atoms with Gasteiger partial charge in [0.2, 0.25) is 0 Å². The molecule has 0 aromatic rings. The number of hydrogen-bond donors (Lipinski definition) is 1. The smallest absolute Gasteiger partial charge is 0.317 e. The van der Waals surface area contributed by atoms with Crippen molar-refractivity contribution in [2.75, 3.05) is 6.54 Å². The second-order valence-electron chi connectivity index (χ2n) is 3.65. The quantitative estimate of drug-likeness (QED) is 0.373. The topological polar surface area (TPSA) is 59.9 Å². The Labute approximate surface area is 121 Å². The molecule has 0 radical (unpaired) electrons. The van der Waals surface area contributed by atoms with Crippen LogP contribution in [-0.4, -0.2) is 39.3 Å². The molecule has 0 aromatic carbocycles. The number of rotatable bonds is 3. The molecule has 0 aliphatic heterocycles. The minimum atomic E-state index is -0.485. The van der Waals surface area contributed by atoms with Crippen molar-refractivity contribution >= 4 is 18.1 Å². The van der Waals surface area contributed by atoms with E-state index in [1.807, 2.05) is 30.9 Å². The Morgan fingerprint density at radius 1 is 1.59 bits per heavy atom. The summed E-state index contributed by atoms with van der Waals surface area (Å²) in [5, 5.41) is 9.56. The van der Waals surface area contributed by atoms with E-state index in [0.717, 1.165) is 12.1 Å². The first-order valence-corrected chi connectivity index (χ1v) is 5.13. The van der Waals surface area contributed by atoms with Crippen LogP contribution in [-0.2, 0) is 19.5 Å². The molecule has 1 N–H and O–H groups in total. The summed E-state index contributed by atoms with van der Waals surface area (Å²) in [6.07, 6.45) is 5.18. The summed E-state index contributed by atoms with van der Waals surface area (Å²) in [4.78, 5) is 5.11. The van der Waals surface area contributed by atoms with Gasteiger partial charge in [-0.3, -0.25) is 4.90 Å². The zero-order chi connectivity index (χ0) is 11.4. The van der Waals surface area contributed by atoms with Crippen molar-refractivity contribution < 1.29 is 29.4 Å². The van der Waals surface area contributed by atoms with Crippen molar-refractivity contribution in [1.82, 2.24) is 4.90 Å². The fourth-order valence-electron chi connectivity index (χ4n) is 1.76. The van der Waals surface area contributed by atoms with Crippen LogP contribution in [0.15, 0.2) is 23.8 Å². The molecular weight excluding hydrogens is 291 g/mol. The van der Waals surface area contributed by atoms with Gasteiger partial charge in [-0.15, -0.1) is 12.4 Å². The van der Waals surface area contributed by atoms with E-state index in [9.17, 15) is 5.11 Å². The van der Waals surface area contributed by atoms with Crippen molar-refractivity contribution in [1.29, 1.82) is 0 Å². The first kappa shape index (κ1) is 19.0. The third kappa shape index (κ3) is 4.83. The third-order valence-electron chi connectivity index (χ3n) is 2.61. The van der Waals surface area contributed by atoms with Crippen molar-refractivity contribution in [3.63, 3.8) is 0 Å². The minimum absolute atomic E-state index is 0.